The number of hydrogen-bond donors (Lipinski definition) is 2. The van der Waals surface area contributed by atoms with Gasteiger partial charge in [-0.3, -0.25) is 4.72 Å². The fraction of sp³-hybridized carbons (Fsp3) is 0.333. The summed E-state index contributed by atoms with van der Waals surface area (Å²) in [7, 11) is 0. The Balaban J connectivity index is 2.42. The predicted molar refractivity (Wildman–Crippen MR) is 57.6 cm³/mol. The highest BCUT2D eigenvalue weighted by atomic mass is 79.9. The number of halogens is 2. The number of thiol groups is 1. The minimum Gasteiger partial charge on any atom is -0.256 e. The minimum atomic E-state index is -0.859. The molecule has 0 saturated heterocycles. The summed E-state index contributed by atoms with van der Waals surface area (Å²) in [6.45, 7) is 0. The molecular weight excluding hydrogens is 253 g/mol. The molecule has 1 nitrogen and oxygen atoms in total. The molecule has 1 aromatic rings. The van der Waals surface area contributed by atoms with Crippen LogP contribution in [0.1, 0.15) is 17.2 Å². The van der Waals surface area contributed by atoms with Crippen molar-refractivity contribution in [3.05, 3.63) is 33.8 Å². The molecule has 70 valence electrons. The van der Waals surface area contributed by atoms with Crippen LogP contribution in [0.5, 0.6) is 0 Å². The molecule has 0 radical (unpaired) electrons. The van der Waals surface area contributed by atoms with E-state index in [2.05, 4.69) is 33.5 Å². The largest absolute Gasteiger partial charge is 0.256 e. The Hall–Kier alpha value is -0.0600. The van der Waals surface area contributed by atoms with Crippen molar-refractivity contribution >= 4 is 28.7 Å². The molecule has 0 spiro atoms. The van der Waals surface area contributed by atoms with E-state index in [9.17, 15) is 4.39 Å². The molecular formula is C9H9BrFNS. The van der Waals surface area contributed by atoms with Crippen LogP contribution in [0.15, 0.2) is 22.7 Å². The average molecular weight is 262 g/mol. The molecule has 13 heavy (non-hydrogen) atoms. The van der Waals surface area contributed by atoms with E-state index in [0.29, 0.717) is 6.42 Å². The van der Waals surface area contributed by atoms with Gasteiger partial charge in [-0.25, -0.2) is 4.39 Å². The quantitative estimate of drug-likeness (QED) is 0.742. The zero-order valence-electron chi connectivity index (χ0n) is 6.80. The number of fused-ring (bicyclic) bond motifs is 1. The van der Waals surface area contributed by atoms with Gasteiger partial charge >= 0.3 is 0 Å². The van der Waals surface area contributed by atoms with Crippen molar-refractivity contribution in [3.63, 3.8) is 0 Å². The normalized spacial score (nSPS) is 26.1. The topological polar surface area (TPSA) is 12.0 Å². The lowest BCUT2D eigenvalue weighted by atomic mass is 10.1. The van der Waals surface area contributed by atoms with E-state index >= 15 is 0 Å². The van der Waals surface area contributed by atoms with Gasteiger partial charge in [0.15, 0.2) is 0 Å². The first-order valence-electron chi connectivity index (χ1n) is 4.04. The second-order valence-electron chi connectivity index (χ2n) is 3.17. The lowest BCUT2D eigenvalue weighted by Gasteiger charge is -2.11. The molecule has 2 atom stereocenters. The Bertz CT molecular complexity index is 331. The van der Waals surface area contributed by atoms with E-state index < -0.39 is 6.17 Å². The summed E-state index contributed by atoms with van der Waals surface area (Å²) in [4.78, 5) is 0. The fourth-order valence-electron chi connectivity index (χ4n) is 1.73. The Labute approximate surface area is 90.4 Å². The van der Waals surface area contributed by atoms with Crippen molar-refractivity contribution in [1.82, 2.24) is 4.72 Å². The third kappa shape index (κ3) is 1.63. The molecule has 4 heteroatoms. The molecule has 0 heterocycles. The number of hydrogen-bond acceptors (Lipinski definition) is 2. The van der Waals surface area contributed by atoms with Crippen LogP contribution in [0.3, 0.4) is 0 Å². The molecule has 0 bridgehead atoms. The average Bonchev–Trinajstić information content (AvgIpc) is 2.39. The maximum atomic E-state index is 13.4. The van der Waals surface area contributed by atoms with E-state index in [-0.39, 0.29) is 6.04 Å². The zero-order chi connectivity index (χ0) is 9.42. The number of alkyl halides is 1. The van der Waals surface area contributed by atoms with Gasteiger partial charge in [0.25, 0.3) is 0 Å². The van der Waals surface area contributed by atoms with Crippen LogP contribution < -0.4 is 4.72 Å². The van der Waals surface area contributed by atoms with Gasteiger partial charge in [0.05, 0.1) is 6.04 Å². The summed E-state index contributed by atoms with van der Waals surface area (Å²) in [5.74, 6) is 0. The van der Waals surface area contributed by atoms with Crippen molar-refractivity contribution < 1.29 is 4.39 Å². The van der Waals surface area contributed by atoms with E-state index in [4.69, 9.17) is 0 Å². The summed E-state index contributed by atoms with van der Waals surface area (Å²) < 4.78 is 17.1. The predicted octanol–water partition coefficient (Wildman–Crippen LogP) is 2.82. The van der Waals surface area contributed by atoms with Crippen LogP contribution in [-0.2, 0) is 6.42 Å². The van der Waals surface area contributed by atoms with Gasteiger partial charge in [0.1, 0.15) is 6.17 Å². The van der Waals surface area contributed by atoms with E-state index in [1.54, 1.807) is 0 Å². The Morgan fingerprint density at radius 2 is 2.31 bits per heavy atom. The van der Waals surface area contributed by atoms with Crippen LogP contribution >= 0.6 is 28.7 Å². The molecule has 2 unspecified atom stereocenters. The molecule has 1 aliphatic carbocycles. The van der Waals surface area contributed by atoms with Crippen molar-refractivity contribution in [2.75, 3.05) is 0 Å². The Kier molecular flexibility index (Phi) is 2.62. The molecule has 0 saturated carbocycles. The van der Waals surface area contributed by atoms with Gasteiger partial charge in [-0.05, 0) is 23.3 Å². The second-order valence-corrected chi connectivity index (χ2v) is 4.34. The third-order valence-electron chi connectivity index (χ3n) is 2.36. The lowest BCUT2D eigenvalue weighted by Crippen LogP contribution is -2.18. The summed E-state index contributed by atoms with van der Waals surface area (Å²) in [6, 6.07) is 5.57. The summed E-state index contributed by atoms with van der Waals surface area (Å²) in [5.41, 5.74) is 2.08. The van der Waals surface area contributed by atoms with E-state index in [1.165, 1.54) is 0 Å². The molecule has 0 aromatic heterocycles. The Morgan fingerprint density at radius 3 is 3.00 bits per heavy atom. The van der Waals surface area contributed by atoms with Crippen molar-refractivity contribution in [3.8, 4) is 0 Å². The van der Waals surface area contributed by atoms with Gasteiger partial charge in [-0.15, -0.1) is 0 Å². The summed E-state index contributed by atoms with van der Waals surface area (Å²) in [5, 5.41) is 0. The first-order chi connectivity index (χ1) is 6.22. The maximum Gasteiger partial charge on any atom is 0.124 e. The minimum absolute atomic E-state index is 0.258. The monoisotopic (exact) mass is 261 g/mol. The van der Waals surface area contributed by atoms with Gasteiger partial charge in [0, 0.05) is 10.9 Å². The Morgan fingerprint density at radius 1 is 1.54 bits per heavy atom. The smallest absolute Gasteiger partial charge is 0.124 e. The van der Waals surface area contributed by atoms with Crippen LogP contribution in [0.25, 0.3) is 0 Å². The zero-order valence-corrected chi connectivity index (χ0v) is 9.28. The molecule has 0 aliphatic heterocycles. The highest BCUT2D eigenvalue weighted by Crippen LogP contribution is 2.35. The standard InChI is InChI=1S/C9H9BrFNS/c10-6-1-2-7-5(3-6)4-8(11)9(7)12-13/h1-3,8-9,12-13H,4H2. The SMILES string of the molecule is FC1Cc2cc(Br)ccc2C1NS. The molecule has 0 fully saturated rings. The second kappa shape index (κ2) is 3.59. The van der Waals surface area contributed by atoms with Crippen LogP contribution in [0.4, 0.5) is 4.39 Å². The van der Waals surface area contributed by atoms with Crippen molar-refractivity contribution in [2.45, 2.75) is 18.6 Å². The first kappa shape index (κ1) is 9.49. The highest BCUT2D eigenvalue weighted by molar-refractivity contribution is 9.10. The van der Waals surface area contributed by atoms with Crippen molar-refractivity contribution in [1.29, 1.82) is 0 Å². The molecule has 1 aliphatic rings. The van der Waals surface area contributed by atoms with Gasteiger partial charge < -0.3 is 0 Å². The summed E-state index contributed by atoms with van der Waals surface area (Å²) in [6.07, 6.45) is -0.380. The third-order valence-corrected chi connectivity index (χ3v) is 3.13. The summed E-state index contributed by atoms with van der Waals surface area (Å²) >= 11 is 7.29. The van der Waals surface area contributed by atoms with Crippen LogP contribution in [-0.4, -0.2) is 6.17 Å². The van der Waals surface area contributed by atoms with Gasteiger partial charge in [0.2, 0.25) is 0 Å². The highest BCUT2D eigenvalue weighted by Gasteiger charge is 2.31. The number of rotatable bonds is 1. The number of benzene rings is 1. The first-order valence-corrected chi connectivity index (χ1v) is 5.28. The van der Waals surface area contributed by atoms with Gasteiger partial charge in [-0.1, -0.05) is 34.8 Å². The fourth-order valence-corrected chi connectivity index (χ4v) is 2.44. The van der Waals surface area contributed by atoms with Gasteiger partial charge in [-0.2, -0.15) is 0 Å². The molecule has 0 amide bonds. The van der Waals surface area contributed by atoms with Crippen LogP contribution in [0.2, 0.25) is 0 Å². The maximum absolute atomic E-state index is 13.4. The van der Waals surface area contributed by atoms with E-state index in [1.807, 2.05) is 18.2 Å². The van der Waals surface area contributed by atoms with E-state index in [0.717, 1.165) is 15.6 Å². The van der Waals surface area contributed by atoms with Crippen LogP contribution in [0, 0.1) is 0 Å². The lowest BCUT2D eigenvalue weighted by molar-refractivity contribution is 0.294. The number of nitrogens with one attached hydrogen (secondary N) is 1. The molecule has 2 rings (SSSR count). The van der Waals surface area contributed by atoms with Crippen molar-refractivity contribution in [2.24, 2.45) is 0 Å². The molecule has 1 N–H and O–H groups in total. The molecule has 1 aromatic carbocycles.